The molecule has 1 aliphatic rings. The van der Waals surface area contributed by atoms with Gasteiger partial charge in [0.25, 0.3) is 0 Å². The van der Waals surface area contributed by atoms with Gasteiger partial charge in [-0.3, -0.25) is 0 Å². The number of hydrogen-bond acceptors (Lipinski definition) is 4. The molecular weight excluding hydrogens is 292 g/mol. The molecule has 0 spiro atoms. The molecule has 4 atom stereocenters. The van der Waals surface area contributed by atoms with Crippen LogP contribution in [-0.4, -0.2) is 50.8 Å². The maximum Gasteiger partial charge on any atom is 0.104 e. The zero-order valence-electron chi connectivity index (χ0n) is 15.7. The van der Waals surface area contributed by atoms with E-state index in [1.807, 2.05) is 0 Å². The monoisotopic (exact) mass is 330 g/mol. The Morgan fingerprint density at radius 2 is 1.43 bits per heavy atom. The minimum absolute atomic E-state index is 0.0670. The van der Waals surface area contributed by atoms with Crippen LogP contribution >= 0.6 is 0 Å². The molecule has 0 amide bonds. The van der Waals surface area contributed by atoms with Gasteiger partial charge in [-0.15, -0.1) is 0 Å². The molecule has 0 aliphatic carbocycles. The molecule has 4 heteroatoms. The number of unbranched alkanes of at least 4 members (excludes halogenated alkanes) is 2. The number of rotatable bonds is 13. The summed E-state index contributed by atoms with van der Waals surface area (Å²) in [7, 11) is 0. The third-order valence-electron chi connectivity index (χ3n) is 4.42. The van der Waals surface area contributed by atoms with Crippen molar-refractivity contribution in [2.24, 2.45) is 0 Å². The SMILES string of the molecule is CCCCC(C)OCC1COC(COC(CC)CCCC)CO1. The first-order chi connectivity index (χ1) is 11.2. The van der Waals surface area contributed by atoms with Gasteiger partial charge in [-0.2, -0.15) is 0 Å². The molecule has 1 heterocycles. The van der Waals surface area contributed by atoms with Gasteiger partial charge in [0.1, 0.15) is 12.2 Å². The van der Waals surface area contributed by atoms with Crippen molar-refractivity contribution >= 4 is 0 Å². The van der Waals surface area contributed by atoms with Gasteiger partial charge in [0, 0.05) is 0 Å². The van der Waals surface area contributed by atoms with Gasteiger partial charge in [0.2, 0.25) is 0 Å². The van der Waals surface area contributed by atoms with E-state index in [1.54, 1.807) is 0 Å². The molecule has 0 aromatic carbocycles. The second kappa shape index (κ2) is 13.2. The van der Waals surface area contributed by atoms with Crippen molar-refractivity contribution in [3.63, 3.8) is 0 Å². The second-order valence-corrected chi connectivity index (χ2v) is 6.70. The zero-order valence-corrected chi connectivity index (χ0v) is 15.7. The lowest BCUT2D eigenvalue weighted by atomic mass is 10.1. The Kier molecular flexibility index (Phi) is 12.0. The Labute approximate surface area is 143 Å². The molecule has 0 bridgehead atoms. The van der Waals surface area contributed by atoms with Crippen molar-refractivity contribution in [1.29, 1.82) is 0 Å². The Morgan fingerprint density at radius 3 is 1.96 bits per heavy atom. The molecule has 0 aromatic heterocycles. The quantitative estimate of drug-likeness (QED) is 0.503. The lowest BCUT2D eigenvalue weighted by molar-refractivity contribution is -0.175. The van der Waals surface area contributed by atoms with Crippen LogP contribution in [0.5, 0.6) is 0 Å². The van der Waals surface area contributed by atoms with Crippen molar-refractivity contribution < 1.29 is 18.9 Å². The van der Waals surface area contributed by atoms with Crippen LogP contribution < -0.4 is 0 Å². The second-order valence-electron chi connectivity index (χ2n) is 6.70. The van der Waals surface area contributed by atoms with E-state index in [9.17, 15) is 0 Å². The zero-order chi connectivity index (χ0) is 16.9. The molecule has 0 aromatic rings. The van der Waals surface area contributed by atoms with E-state index in [0.29, 0.717) is 38.6 Å². The predicted octanol–water partition coefficient (Wildman–Crippen LogP) is 4.35. The van der Waals surface area contributed by atoms with Gasteiger partial charge in [-0.1, -0.05) is 46.5 Å². The summed E-state index contributed by atoms with van der Waals surface area (Å²) < 4.78 is 23.6. The van der Waals surface area contributed by atoms with E-state index >= 15 is 0 Å². The Bertz CT molecular complexity index is 264. The summed E-state index contributed by atoms with van der Waals surface area (Å²) in [5.74, 6) is 0. The van der Waals surface area contributed by atoms with Crippen molar-refractivity contribution in [3.8, 4) is 0 Å². The standard InChI is InChI=1S/C19H38O4/c1-5-8-10-16(4)20-12-18-14-23-19(15-22-18)13-21-17(7-3)11-9-6-2/h16-19H,5-15H2,1-4H3. The third-order valence-corrected chi connectivity index (χ3v) is 4.42. The first-order valence-corrected chi connectivity index (χ1v) is 9.65. The Balaban J connectivity index is 2.10. The normalized spacial score (nSPS) is 24.5. The van der Waals surface area contributed by atoms with E-state index in [-0.39, 0.29) is 12.2 Å². The Hall–Kier alpha value is -0.160. The average Bonchev–Trinajstić information content (AvgIpc) is 2.59. The summed E-state index contributed by atoms with van der Waals surface area (Å²) in [4.78, 5) is 0. The molecule has 1 fully saturated rings. The van der Waals surface area contributed by atoms with E-state index < -0.39 is 0 Å². The van der Waals surface area contributed by atoms with Crippen LogP contribution in [0.4, 0.5) is 0 Å². The highest BCUT2D eigenvalue weighted by Crippen LogP contribution is 2.14. The molecule has 0 N–H and O–H groups in total. The van der Waals surface area contributed by atoms with Gasteiger partial charge < -0.3 is 18.9 Å². The largest absolute Gasteiger partial charge is 0.376 e. The van der Waals surface area contributed by atoms with E-state index in [4.69, 9.17) is 18.9 Å². The summed E-state index contributed by atoms with van der Waals surface area (Å²) in [6.07, 6.45) is 9.04. The summed E-state index contributed by atoms with van der Waals surface area (Å²) in [6, 6.07) is 0. The summed E-state index contributed by atoms with van der Waals surface area (Å²) >= 11 is 0. The fraction of sp³-hybridized carbons (Fsp3) is 1.00. The average molecular weight is 331 g/mol. The molecule has 138 valence electrons. The van der Waals surface area contributed by atoms with Crippen LogP contribution in [-0.2, 0) is 18.9 Å². The fourth-order valence-corrected chi connectivity index (χ4v) is 2.70. The minimum Gasteiger partial charge on any atom is -0.376 e. The van der Waals surface area contributed by atoms with E-state index in [0.717, 1.165) is 19.3 Å². The van der Waals surface area contributed by atoms with Crippen LogP contribution in [0.15, 0.2) is 0 Å². The van der Waals surface area contributed by atoms with Crippen LogP contribution in [0, 0.1) is 0 Å². The fourth-order valence-electron chi connectivity index (χ4n) is 2.70. The van der Waals surface area contributed by atoms with Gasteiger partial charge in [0.15, 0.2) is 0 Å². The topological polar surface area (TPSA) is 36.9 Å². The van der Waals surface area contributed by atoms with Crippen LogP contribution in [0.1, 0.15) is 72.6 Å². The van der Waals surface area contributed by atoms with Crippen LogP contribution in [0.2, 0.25) is 0 Å². The first-order valence-electron chi connectivity index (χ1n) is 9.65. The van der Waals surface area contributed by atoms with Gasteiger partial charge in [0.05, 0.1) is 38.6 Å². The third kappa shape index (κ3) is 9.65. The highest BCUT2D eigenvalue weighted by atomic mass is 16.6. The molecule has 23 heavy (non-hydrogen) atoms. The molecule has 0 saturated carbocycles. The smallest absolute Gasteiger partial charge is 0.104 e. The lowest BCUT2D eigenvalue weighted by Crippen LogP contribution is -2.41. The van der Waals surface area contributed by atoms with Crippen molar-refractivity contribution in [3.05, 3.63) is 0 Å². The molecule has 4 nitrogen and oxygen atoms in total. The van der Waals surface area contributed by atoms with Gasteiger partial charge >= 0.3 is 0 Å². The number of ether oxygens (including phenoxy) is 4. The summed E-state index contributed by atoms with van der Waals surface area (Å²) in [5.41, 5.74) is 0. The van der Waals surface area contributed by atoms with Gasteiger partial charge in [-0.25, -0.2) is 0 Å². The summed E-state index contributed by atoms with van der Waals surface area (Å²) in [5, 5.41) is 0. The van der Waals surface area contributed by atoms with Crippen molar-refractivity contribution in [2.75, 3.05) is 26.4 Å². The molecule has 0 radical (unpaired) electrons. The summed E-state index contributed by atoms with van der Waals surface area (Å²) in [6.45, 7) is 11.2. The first kappa shape index (κ1) is 20.9. The number of hydrogen-bond donors (Lipinski definition) is 0. The predicted molar refractivity (Wildman–Crippen MR) is 94.0 cm³/mol. The molecule has 1 saturated heterocycles. The lowest BCUT2D eigenvalue weighted by Gasteiger charge is -2.31. The molecule has 1 rings (SSSR count). The van der Waals surface area contributed by atoms with E-state index in [2.05, 4.69) is 27.7 Å². The van der Waals surface area contributed by atoms with Crippen molar-refractivity contribution in [1.82, 2.24) is 0 Å². The van der Waals surface area contributed by atoms with Crippen LogP contribution in [0.3, 0.4) is 0 Å². The van der Waals surface area contributed by atoms with Gasteiger partial charge in [-0.05, 0) is 26.2 Å². The molecule has 1 aliphatic heterocycles. The maximum atomic E-state index is 5.97. The van der Waals surface area contributed by atoms with Crippen LogP contribution in [0.25, 0.3) is 0 Å². The highest BCUT2D eigenvalue weighted by molar-refractivity contribution is 4.69. The molecule has 4 unspecified atom stereocenters. The maximum absolute atomic E-state index is 5.97. The highest BCUT2D eigenvalue weighted by Gasteiger charge is 2.24. The Morgan fingerprint density at radius 1 is 0.870 bits per heavy atom. The van der Waals surface area contributed by atoms with Crippen molar-refractivity contribution in [2.45, 2.75) is 97.1 Å². The minimum atomic E-state index is 0.0670. The van der Waals surface area contributed by atoms with E-state index in [1.165, 1.54) is 25.7 Å². The molecular formula is C19H38O4.